The summed E-state index contributed by atoms with van der Waals surface area (Å²) >= 11 is 0. The molecule has 1 aliphatic heterocycles. The predicted molar refractivity (Wildman–Crippen MR) is 73.0 cm³/mol. The number of ether oxygens (including phenoxy) is 1. The first-order valence-corrected chi connectivity index (χ1v) is 7.67. The Kier molecular flexibility index (Phi) is 4.37. The van der Waals surface area contributed by atoms with Crippen LogP contribution in [0.5, 0.6) is 0 Å². The first kappa shape index (κ1) is 14.2. The number of carboxylic acid groups (broad SMARTS) is 1. The molecule has 1 aromatic carbocycles. The predicted octanol–water partition coefficient (Wildman–Crippen LogP) is 2.37. The van der Waals surface area contributed by atoms with Gasteiger partial charge >= 0.3 is 5.97 Å². The molecule has 0 aliphatic carbocycles. The summed E-state index contributed by atoms with van der Waals surface area (Å²) in [6.07, 6.45) is 2.17. The molecule has 3 unspecified atom stereocenters. The van der Waals surface area contributed by atoms with E-state index in [9.17, 15) is 9.00 Å². The molecule has 1 N–H and O–H groups in total. The number of hydrogen-bond acceptors (Lipinski definition) is 3. The molecular formula is C14H18O4S. The number of benzene rings is 1. The molecule has 5 heteroatoms. The number of carbonyl (C=O) groups is 1. The Morgan fingerprint density at radius 2 is 2.21 bits per heavy atom. The lowest BCUT2D eigenvalue weighted by Crippen LogP contribution is -2.17. The first-order chi connectivity index (χ1) is 8.97. The molecule has 2 rings (SSSR count). The van der Waals surface area contributed by atoms with Crippen molar-refractivity contribution in [1.29, 1.82) is 0 Å². The molecule has 0 amide bonds. The van der Waals surface area contributed by atoms with E-state index in [-0.39, 0.29) is 17.8 Å². The van der Waals surface area contributed by atoms with Crippen LogP contribution in [0, 0.1) is 6.92 Å². The van der Waals surface area contributed by atoms with E-state index in [1.54, 1.807) is 19.1 Å². The summed E-state index contributed by atoms with van der Waals surface area (Å²) in [6, 6.07) is 4.94. The van der Waals surface area contributed by atoms with E-state index in [1.165, 1.54) is 6.07 Å². The second-order valence-electron chi connectivity index (χ2n) is 4.94. The van der Waals surface area contributed by atoms with E-state index < -0.39 is 16.8 Å². The smallest absolute Gasteiger partial charge is 0.335 e. The summed E-state index contributed by atoms with van der Waals surface area (Å²) in [5, 5.41) is 9.07. The Morgan fingerprint density at radius 1 is 1.47 bits per heavy atom. The molecule has 0 bridgehead atoms. The van der Waals surface area contributed by atoms with Gasteiger partial charge in [-0.1, -0.05) is 6.07 Å². The lowest BCUT2D eigenvalue weighted by molar-refractivity contribution is 0.0691. The SMILES string of the molecule is Cc1ccc(S(=O)CC2CCC(C)O2)cc1C(=O)O. The molecule has 19 heavy (non-hydrogen) atoms. The zero-order valence-corrected chi connectivity index (χ0v) is 11.9. The monoisotopic (exact) mass is 282 g/mol. The van der Waals surface area contributed by atoms with Crippen LogP contribution in [-0.2, 0) is 15.5 Å². The van der Waals surface area contributed by atoms with Crippen molar-refractivity contribution in [3.05, 3.63) is 29.3 Å². The van der Waals surface area contributed by atoms with Gasteiger partial charge in [0.2, 0.25) is 0 Å². The van der Waals surface area contributed by atoms with Gasteiger partial charge in [0.05, 0.1) is 34.3 Å². The van der Waals surface area contributed by atoms with Gasteiger partial charge in [0.15, 0.2) is 0 Å². The molecule has 104 valence electrons. The van der Waals surface area contributed by atoms with E-state index in [4.69, 9.17) is 9.84 Å². The fourth-order valence-electron chi connectivity index (χ4n) is 2.25. The molecule has 1 aromatic rings. The third kappa shape index (κ3) is 3.42. The van der Waals surface area contributed by atoms with Crippen LogP contribution in [0.2, 0.25) is 0 Å². The van der Waals surface area contributed by atoms with Gasteiger partial charge in [-0.25, -0.2) is 4.79 Å². The molecular weight excluding hydrogens is 264 g/mol. The average molecular weight is 282 g/mol. The van der Waals surface area contributed by atoms with E-state index in [0.717, 1.165) is 12.8 Å². The van der Waals surface area contributed by atoms with Gasteiger partial charge in [0.25, 0.3) is 0 Å². The Balaban J connectivity index is 2.11. The number of aryl methyl sites for hydroxylation is 1. The van der Waals surface area contributed by atoms with Crippen LogP contribution in [0.15, 0.2) is 23.1 Å². The van der Waals surface area contributed by atoms with Crippen molar-refractivity contribution < 1.29 is 18.8 Å². The van der Waals surface area contributed by atoms with Crippen LogP contribution in [0.1, 0.15) is 35.7 Å². The Bertz CT molecular complexity index is 512. The van der Waals surface area contributed by atoms with Crippen LogP contribution in [0.3, 0.4) is 0 Å². The molecule has 1 fully saturated rings. The van der Waals surface area contributed by atoms with Gasteiger partial charge in [-0.05, 0) is 44.4 Å². The minimum atomic E-state index is -1.21. The van der Waals surface area contributed by atoms with Gasteiger partial charge in [-0.15, -0.1) is 0 Å². The molecule has 1 aliphatic rings. The lowest BCUT2D eigenvalue weighted by Gasteiger charge is -2.11. The number of carboxylic acids is 1. The molecule has 0 aromatic heterocycles. The second-order valence-corrected chi connectivity index (χ2v) is 6.44. The minimum absolute atomic E-state index is 0.0189. The van der Waals surface area contributed by atoms with Crippen molar-refractivity contribution >= 4 is 16.8 Å². The first-order valence-electron chi connectivity index (χ1n) is 6.35. The van der Waals surface area contributed by atoms with E-state index in [2.05, 4.69) is 0 Å². The van der Waals surface area contributed by atoms with Crippen molar-refractivity contribution in [2.24, 2.45) is 0 Å². The number of rotatable bonds is 4. The molecule has 4 nitrogen and oxygen atoms in total. The summed E-state index contributed by atoms with van der Waals surface area (Å²) < 4.78 is 17.9. The standard InChI is InChI=1S/C14H18O4S/c1-9-3-6-12(7-13(9)14(15)16)19(17)8-11-5-4-10(2)18-11/h3,6-7,10-11H,4-5,8H2,1-2H3,(H,15,16). The third-order valence-electron chi connectivity index (χ3n) is 3.36. The summed E-state index contributed by atoms with van der Waals surface area (Å²) in [6.45, 7) is 3.75. The van der Waals surface area contributed by atoms with Crippen molar-refractivity contribution in [3.8, 4) is 0 Å². The summed E-state index contributed by atoms with van der Waals surface area (Å²) in [5.74, 6) is -0.547. The highest BCUT2D eigenvalue weighted by Crippen LogP contribution is 2.22. The molecule has 3 atom stereocenters. The quantitative estimate of drug-likeness (QED) is 0.921. The lowest BCUT2D eigenvalue weighted by atomic mass is 10.1. The van der Waals surface area contributed by atoms with Crippen molar-refractivity contribution in [2.45, 2.75) is 43.8 Å². The topological polar surface area (TPSA) is 63.6 Å². The minimum Gasteiger partial charge on any atom is -0.478 e. The maximum atomic E-state index is 12.2. The van der Waals surface area contributed by atoms with Crippen molar-refractivity contribution in [2.75, 3.05) is 5.75 Å². The van der Waals surface area contributed by atoms with Gasteiger partial charge < -0.3 is 9.84 Å². The fraction of sp³-hybridized carbons (Fsp3) is 0.500. The highest BCUT2D eigenvalue weighted by atomic mass is 32.2. The third-order valence-corrected chi connectivity index (χ3v) is 4.81. The largest absolute Gasteiger partial charge is 0.478 e. The zero-order chi connectivity index (χ0) is 14.0. The van der Waals surface area contributed by atoms with E-state index >= 15 is 0 Å². The van der Waals surface area contributed by atoms with Crippen LogP contribution < -0.4 is 0 Å². The Labute approximate surface area is 115 Å². The normalized spacial score (nSPS) is 24.3. The molecule has 0 spiro atoms. The van der Waals surface area contributed by atoms with Crippen LogP contribution >= 0.6 is 0 Å². The summed E-state index contributed by atoms with van der Waals surface area (Å²) in [4.78, 5) is 11.6. The molecule has 1 saturated heterocycles. The summed E-state index contributed by atoms with van der Waals surface area (Å²) in [7, 11) is -1.21. The van der Waals surface area contributed by atoms with Crippen LogP contribution in [0.25, 0.3) is 0 Å². The maximum Gasteiger partial charge on any atom is 0.335 e. The molecule has 0 radical (unpaired) electrons. The van der Waals surface area contributed by atoms with Gasteiger partial charge in [0, 0.05) is 4.90 Å². The zero-order valence-electron chi connectivity index (χ0n) is 11.1. The van der Waals surface area contributed by atoms with Gasteiger partial charge in [-0.3, -0.25) is 4.21 Å². The van der Waals surface area contributed by atoms with Crippen molar-refractivity contribution in [3.63, 3.8) is 0 Å². The molecule has 0 saturated carbocycles. The van der Waals surface area contributed by atoms with E-state index in [0.29, 0.717) is 16.2 Å². The highest BCUT2D eigenvalue weighted by Gasteiger charge is 2.24. The number of hydrogen-bond donors (Lipinski definition) is 1. The number of aromatic carboxylic acids is 1. The van der Waals surface area contributed by atoms with E-state index in [1.807, 2.05) is 6.92 Å². The van der Waals surface area contributed by atoms with Gasteiger partial charge in [-0.2, -0.15) is 0 Å². The maximum absolute atomic E-state index is 12.2. The highest BCUT2D eigenvalue weighted by molar-refractivity contribution is 7.85. The van der Waals surface area contributed by atoms with Gasteiger partial charge in [0.1, 0.15) is 0 Å². The van der Waals surface area contributed by atoms with Crippen LogP contribution in [-0.4, -0.2) is 33.2 Å². The Hall–Kier alpha value is -1.20. The average Bonchev–Trinajstić information content (AvgIpc) is 2.74. The second kappa shape index (κ2) is 5.84. The van der Waals surface area contributed by atoms with Crippen LogP contribution in [0.4, 0.5) is 0 Å². The molecule has 1 heterocycles. The fourth-order valence-corrected chi connectivity index (χ4v) is 3.49. The van der Waals surface area contributed by atoms with Crippen molar-refractivity contribution in [1.82, 2.24) is 0 Å². The summed E-state index contributed by atoms with van der Waals surface area (Å²) in [5.41, 5.74) is 0.894. The Morgan fingerprint density at radius 3 is 2.79 bits per heavy atom.